The maximum atomic E-state index is 12.9. The van der Waals surface area contributed by atoms with Crippen LogP contribution in [-0.2, 0) is 0 Å². The van der Waals surface area contributed by atoms with Gasteiger partial charge in [0.15, 0.2) is 0 Å². The van der Waals surface area contributed by atoms with Crippen molar-refractivity contribution >= 4 is 5.91 Å². The molecule has 0 aromatic carbocycles. The second-order valence-electron chi connectivity index (χ2n) is 3.94. The molecule has 0 radical (unpaired) electrons. The molecule has 0 unspecified atom stereocenters. The molecule has 0 spiro atoms. The average molecular weight is 223 g/mol. The van der Waals surface area contributed by atoms with E-state index < -0.39 is 5.82 Å². The van der Waals surface area contributed by atoms with Crippen molar-refractivity contribution in [2.45, 2.75) is 13.0 Å². The molecule has 0 saturated carbocycles. The van der Waals surface area contributed by atoms with Gasteiger partial charge in [0.05, 0.1) is 11.8 Å². The molecule has 1 aromatic heterocycles. The van der Waals surface area contributed by atoms with E-state index in [2.05, 4.69) is 10.3 Å². The Balaban J connectivity index is 2.17. The van der Waals surface area contributed by atoms with Crippen LogP contribution in [0.25, 0.3) is 0 Å². The number of hydrogen-bond donors (Lipinski definition) is 1. The number of halogens is 1. The molecule has 1 fully saturated rings. The van der Waals surface area contributed by atoms with Crippen LogP contribution in [0.5, 0.6) is 0 Å². The lowest BCUT2D eigenvalue weighted by Gasteiger charge is -2.33. The molecule has 5 heteroatoms. The summed E-state index contributed by atoms with van der Waals surface area (Å²) in [6.07, 6.45) is 2.50. The summed E-state index contributed by atoms with van der Waals surface area (Å²) in [5.41, 5.74) is 0.314. The van der Waals surface area contributed by atoms with Crippen molar-refractivity contribution in [3.63, 3.8) is 0 Å². The van der Waals surface area contributed by atoms with Gasteiger partial charge in [-0.05, 0) is 13.0 Å². The van der Waals surface area contributed by atoms with E-state index in [4.69, 9.17) is 0 Å². The molecule has 16 heavy (non-hydrogen) atoms. The van der Waals surface area contributed by atoms with E-state index in [1.807, 2.05) is 6.92 Å². The Labute approximate surface area is 93.5 Å². The Morgan fingerprint density at radius 3 is 3.12 bits per heavy atom. The van der Waals surface area contributed by atoms with Crippen molar-refractivity contribution in [2.75, 3.05) is 19.6 Å². The summed E-state index contributed by atoms with van der Waals surface area (Å²) in [6.45, 7) is 4.17. The number of pyridine rings is 1. The summed E-state index contributed by atoms with van der Waals surface area (Å²) in [5.74, 6) is -0.630. The van der Waals surface area contributed by atoms with E-state index in [9.17, 15) is 9.18 Å². The molecule has 4 nitrogen and oxygen atoms in total. The van der Waals surface area contributed by atoms with Crippen LogP contribution in [0.15, 0.2) is 18.5 Å². The molecule has 2 heterocycles. The van der Waals surface area contributed by atoms with Gasteiger partial charge < -0.3 is 10.2 Å². The molecule has 86 valence electrons. The average Bonchev–Trinajstić information content (AvgIpc) is 2.29. The molecule has 1 N–H and O–H groups in total. The van der Waals surface area contributed by atoms with Crippen LogP contribution in [0.2, 0.25) is 0 Å². The van der Waals surface area contributed by atoms with Crippen LogP contribution in [0.1, 0.15) is 17.3 Å². The normalized spacial score (nSPS) is 20.9. The van der Waals surface area contributed by atoms with Gasteiger partial charge in [-0.15, -0.1) is 0 Å². The summed E-state index contributed by atoms with van der Waals surface area (Å²) in [4.78, 5) is 17.5. The van der Waals surface area contributed by atoms with Gasteiger partial charge in [0, 0.05) is 31.9 Å². The first-order chi connectivity index (χ1) is 7.68. The zero-order chi connectivity index (χ0) is 11.5. The molecule has 1 amide bonds. The lowest BCUT2D eigenvalue weighted by molar-refractivity contribution is 0.0655. The topological polar surface area (TPSA) is 45.2 Å². The van der Waals surface area contributed by atoms with Gasteiger partial charge in [0.25, 0.3) is 5.91 Å². The fraction of sp³-hybridized carbons (Fsp3) is 0.455. The van der Waals surface area contributed by atoms with Gasteiger partial charge in [-0.25, -0.2) is 4.39 Å². The molecule has 1 aliphatic heterocycles. The summed E-state index contributed by atoms with van der Waals surface area (Å²) in [5, 5.41) is 3.20. The van der Waals surface area contributed by atoms with Crippen LogP contribution in [0, 0.1) is 5.82 Å². The summed E-state index contributed by atoms with van der Waals surface area (Å²) >= 11 is 0. The number of nitrogens with one attached hydrogen (secondary N) is 1. The quantitative estimate of drug-likeness (QED) is 0.760. The molecular formula is C11H14FN3O. The fourth-order valence-corrected chi connectivity index (χ4v) is 1.84. The largest absolute Gasteiger partial charge is 0.333 e. The molecule has 2 rings (SSSR count). The van der Waals surface area contributed by atoms with Crippen molar-refractivity contribution in [2.24, 2.45) is 0 Å². The number of carbonyl (C=O) groups is 1. The van der Waals surface area contributed by atoms with Crippen LogP contribution in [0.4, 0.5) is 4.39 Å². The lowest BCUT2D eigenvalue weighted by atomic mass is 10.1. The minimum Gasteiger partial charge on any atom is -0.333 e. The number of piperazine rings is 1. The van der Waals surface area contributed by atoms with E-state index in [1.165, 1.54) is 12.3 Å². The zero-order valence-electron chi connectivity index (χ0n) is 9.11. The van der Waals surface area contributed by atoms with E-state index in [0.29, 0.717) is 12.1 Å². The Bertz CT molecular complexity index is 397. The predicted molar refractivity (Wildman–Crippen MR) is 57.6 cm³/mol. The Kier molecular flexibility index (Phi) is 3.14. The summed E-state index contributed by atoms with van der Waals surface area (Å²) in [7, 11) is 0. The number of nitrogens with zero attached hydrogens (tertiary/aromatic N) is 2. The third-order valence-corrected chi connectivity index (χ3v) is 2.71. The second-order valence-corrected chi connectivity index (χ2v) is 3.94. The van der Waals surface area contributed by atoms with Crippen LogP contribution in [-0.4, -0.2) is 41.5 Å². The van der Waals surface area contributed by atoms with E-state index >= 15 is 0 Å². The summed E-state index contributed by atoms with van der Waals surface area (Å²) < 4.78 is 12.9. The minimum atomic E-state index is -0.478. The Hall–Kier alpha value is -1.49. The Morgan fingerprint density at radius 1 is 1.62 bits per heavy atom. The van der Waals surface area contributed by atoms with Crippen molar-refractivity contribution < 1.29 is 9.18 Å². The van der Waals surface area contributed by atoms with Crippen LogP contribution >= 0.6 is 0 Å². The molecular weight excluding hydrogens is 209 g/mol. The third-order valence-electron chi connectivity index (χ3n) is 2.71. The lowest BCUT2D eigenvalue weighted by Crippen LogP contribution is -2.52. The predicted octanol–water partition coefficient (Wildman–Crippen LogP) is 0.655. The SMILES string of the molecule is C[C@@H]1CNCCN1C(=O)c1cncc(F)c1. The molecule has 1 aromatic rings. The smallest absolute Gasteiger partial charge is 0.255 e. The molecule has 1 aliphatic rings. The highest BCUT2D eigenvalue weighted by Crippen LogP contribution is 2.10. The maximum absolute atomic E-state index is 12.9. The van der Waals surface area contributed by atoms with Crippen LogP contribution in [0.3, 0.4) is 0 Å². The fourth-order valence-electron chi connectivity index (χ4n) is 1.84. The molecule has 0 bridgehead atoms. The van der Waals surface area contributed by atoms with Crippen molar-refractivity contribution in [3.05, 3.63) is 29.8 Å². The first-order valence-corrected chi connectivity index (χ1v) is 5.30. The van der Waals surface area contributed by atoms with Crippen molar-refractivity contribution in [3.8, 4) is 0 Å². The molecule has 1 saturated heterocycles. The van der Waals surface area contributed by atoms with Crippen molar-refractivity contribution in [1.29, 1.82) is 0 Å². The van der Waals surface area contributed by atoms with Gasteiger partial charge in [-0.1, -0.05) is 0 Å². The highest BCUT2D eigenvalue weighted by Gasteiger charge is 2.24. The number of carbonyl (C=O) groups excluding carboxylic acids is 1. The van der Waals surface area contributed by atoms with Gasteiger partial charge >= 0.3 is 0 Å². The first kappa shape index (κ1) is 11.0. The third kappa shape index (κ3) is 2.19. The van der Waals surface area contributed by atoms with E-state index in [1.54, 1.807) is 4.90 Å². The monoisotopic (exact) mass is 223 g/mol. The first-order valence-electron chi connectivity index (χ1n) is 5.30. The Morgan fingerprint density at radius 2 is 2.44 bits per heavy atom. The number of rotatable bonds is 1. The highest BCUT2D eigenvalue weighted by atomic mass is 19.1. The van der Waals surface area contributed by atoms with Gasteiger partial charge in [0.2, 0.25) is 0 Å². The number of aromatic nitrogens is 1. The number of amides is 1. The van der Waals surface area contributed by atoms with Crippen LogP contribution < -0.4 is 5.32 Å². The van der Waals surface area contributed by atoms with Gasteiger partial charge in [-0.3, -0.25) is 9.78 Å². The van der Waals surface area contributed by atoms with E-state index in [0.717, 1.165) is 19.3 Å². The second kappa shape index (κ2) is 4.57. The van der Waals surface area contributed by atoms with Crippen molar-refractivity contribution in [1.82, 2.24) is 15.2 Å². The van der Waals surface area contributed by atoms with Gasteiger partial charge in [0.1, 0.15) is 5.82 Å². The molecule has 1 atom stereocenters. The minimum absolute atomic E-state index is 0.129. The molecule has 0 aliphatic carbocycles. The standard InChI is InChI=1S/C11H14FN3O/c1-8-5-13-2-3-15(8)11(16)9-4-10(12)7-14-6-9/h4,6-8,13H,2-3,5H2,1H3/t8-/m1/s1. The summed E-state index contributed by atoms with van der Waals surface area (Å²) in [6, 6.07) is 1.36. The number of hydrogen-bond acceptors (Lipinski definition) is 3. The highest BCUT2D eigenvalue weighted by molar-refractivity contribution is 5.94. The van der Waals surface area contributed by atoms with E-state index in [-0.39, 0.29) is 11.9 Å². The zero-order valence-corrected chi connectivity index (χ0v) is 9.11. The maximum Gasteiger partial charge on any atom is 0.255 e. The van der Waals surface area contributed by atoms with Gasteiger partial charge in [-0.2, -0.15) is 0 Å².